The molecule has 0 bridgehead atoms. The van der Waals surface area contributed by atoms with Crippen LogP contribution in [0.1, 0.15) is 6.92 Å². The third-order valence-electron chi connectivity index (χ3n) is 3.68. The Balaban J connectivity index is 2.10. The summed E-state index contributed by atoms with van der Waals surface area (Å²) in [4.78, 5) is 26.2. The van der Waals surface area contributed by atoms with Crippen LogP contribution in [-0.4, -0.2) is 42.1 Å². The second-order valence-corrected chi connectivity index (χ2v) is 5.15. The number of benzene rings is 1. The molecule has 1 aromatic rings. The van der Waals surface area contributed by atoms with Crippen molar-refractivity contribution in [3.8, 4) is 0 Å². The molecular formula is C14H17FN2O3. The number of hydrogen-bond donors (Lipinski definition) is 1. The van der Waals surface area contributed by atoms with Crippen LogP contribution < -0.4 is 4.90 Å². The fourth-order valence-electron chi connectivity index (χ4n) is 2.45. The maximum atomic E-state index is 13.2. The summed E-state index contributed by atoms with van der Waals surface area (Å²) in [5.74, 6) is -1.93. The van der Waals surface area contributed by atoms with Crippen molar-refractivity contribution < 1.29 is 19.1 Å². The van der Waals surface area contributed by atoms with Crippen LogP contribution in [0.25, 0.3) is 0 Å². The lowest BCUT2D eigenvalue weighted by molar-refractivity contribution is -0.142. The highest BCUT2D eigenvalue weighted by Crippen LogP contribution is 2.25. The van der Waals surface area contributed by atoms with E-state index < -0.39 is 17.7 Å². The van der Waals surface area contributed by atoms with Crippen molar-refractivity contribution in [3.05, 3.63) is 30.1 Å². The van der Waals surface area contributed by atoms with Gasteiger partial charge in [0.05, 0.1) is 5.92 Å². The van der Waals surface area contributed by atoms with Crippen LogP contribution in [0.5, 0.6) is 0 Å². The van der Waals surface area contributed by atoms with E-state index in [-0.39, 0.29) is 18.5 Å². The number of carboxylic acid groups (broad SMARTS) is 1. The highest BCUT2D eigenvalue weighted by Gasteiger charge is 2.38. The Morgan fingerprint density at radius 2 is 2.10 bits per heavy atom. The molecule has 0 aromatic heterocycles. The van der Waals surface area contributed by atoms with Gasteiger partial charge in [-0.1, -0.05) is 13.0 Å². The fourth-order valence-corrected chi connectivity index (χ4v) is 2.45. The average molecular weight is 280 g/mol. The van der Waals surface area contributed by atoms with Gasteiger partial charge in [-0.3, -0.25) is 9.69 Å². The topological polar surface area (TPSA) is 60.9 Å². The summed E-state index contributed by atoms with van der Waals surface area (Å²) >= 11 is 0. The van der Waals surface area contributed by atoms with Crippen molar-refractivity contribution in [2.75, 3.05) is 25.0 Å². The second kappa shape index (κ2) is 5.48. The molecule has 1 saturated heterocycles. The summed E-state index contributed by atoms with van der Waals surface area (Å²) in [6.07, 6.45) is 0. The van der Waals surface area contributed by atoms with Gasteiger partial charge in [-0.25, -0.2) is 9.18 Å². The van der Waals surface area contributed by atoms with Crippen molar-refractivity contribution in [2.45, 2.75) is 6.92 Å². The Hall–Kier alpha value is -2.11. The number of carbonyl (C=O) groups is 2. The van der Waals surface area contributed by atoms with Crippen molar-refractivity contribution in [3.63, 3.8) is 0 Å². The molecule has 1 fully saturated rings. The van der Waals surface area contributed by atoms with Crippen molar-refractivity contribution in [1.82, 2.24) is 4.90 Å². The SMILES string of the molecule is CC1CN(C(=O)N(C)c2cccc(F)c2)CC1C(=O)O. The molecule has 0 radical (unpaired) electrons. The molecule has 2 rings (SSSR count). The van der Waals surface area contributed by atoms with Crippen molar-refractivity contribution in [1.29, 1.82) is 0 Å². The maximum Gasteiger partial charge on any atom is 0.324 e. The molecule has 1 N–H and O–H groups in total. The van der Waals surface area contributed by atoms with Gasteiger partial charge < -0.3 is 10.0 Å². The van der Waals surface area contributed by atoms with Crippen molar-refractivity contribution in [2.24, 2.45) is 11.8 Å². The molecular weight excluding hydrogens is 263 g/mol. The molecule has 20 heavy (non-hydrogen) atoms. The molecule has 1 aliphatic heterocycles. The zero-order valence-corrected chi connectivity index (χ0v) is 11.4. The highest BCUT2D eigenvalue weighted by atomic mass is 19.1. The summed E-state index contributed by atoms with van der Waals surface area (Å²) in [7, 11) is 1.55. The third-order valence-corrected chi connectivity index (χ3v) is 3.68. The number of rotatable bonds is 2. The summed E-state index contributed by atoms with van der Waals surface area (Å²) in [6.45, 7) is 2.40. The number of anilines is 1. The lowest BCUT2D eigenvalue weighted by atomic mass is 9.99. The van der Waals surface area contributed by atoms with Gasteiger partial charge in [0, 0.05) is 25.8 Å². The maximum absolute atomic E-state index is 13.2. The van der Waals surface area contributed by atoms with Crippen LogP contribution in [-0.2, 0) is 4.79 Å². The smallest absolute Gasteiger partial charge is 0.324 e. The number of aliphatic carboxylic acids is 1. The van der Waals surface area contributed by atoms with Gasteiger partial charge >= 0.3 is 12.0 Å². The first-order valence-electron chi connectivity index (χ1n) is 6.41. The van der Waals surface area contributed by atoms with E-state index in [0.29, 0.717) is 12.2 Å². The molecule has 108 valence electrons. The number of carbonyl (C=O) groups excluding carboxylic acids is 1. The first-order valence-corrected chi connectivity index (χ1v) is 6.41. The monoisotopic (exact) mass is 280 g/mol. The Morgan fingerprint density at radius 3 is 2.65 bits per heavy atom. The minimum absolute atomic E-state index is 0.0858. The molecule has 2 amide bonds. The molecule has 6 heteroatoms. The zero-order valence-electron chi connectivity index (χ0n) is 11.4. The van der Waals surface area contributed by atoms with Crippen LogP contribution in [0.4, 0.5) is 14.9 Å². The quantitative estimate of drug-likeness (QED) is 0.901. The molecule has 1 aromatic carbocycles. The molecule has 0 aliphatic carbocycles. The van der Waals surface area contributed by atoms with Gasteiger partial charge in [-0.15, -0.1) is 0 Å². The molecule has 0 saturated carbocycles. The highest BCUT2D eigenvalue weighted by molar-refractivity contribution is 5.92. The molecule has 2 atom stereocenters. The van der Waals surface area contributed by atoms with E-state index in [4.69, 9.17) is 5.11 Å². The largest absolute Gasteiger partial charge is 0.481 e. The van der Waals surface area contributed by atoms with Crippen LogP contribution in [0, 0.1) is 17.7 Å². The van der Waals surface area contributed by atoms with E-state index >= 15 is 0 Å². The van der Waals surface area contributed by atoms with Crippen LogP contribution in [0.2, 0.25) is 0 Å². The lowest BCUT2D eigenvalue weighted by Gasteiger charge is -2.24. The number of halogens is 1. The number of carboxylic acids is 1. The Morgan fingerprint density at radius 1 is 1.40 bits per heavy atom. The Labute approximate surface area is 116 Å². The Kier molecular flexibility index (Phi) is 3.92. The average Bonchev–Trinajstić information content (AvgIpc) is 2.79. The first-order chi connectivity index (χ1) is 9.40. The summed E-state index contributed by atoms with van der Waals surface area (Å²) in [5.41, 5.74) is 0.446. The van der Waals surface area contributed by atoms with E-state index in [1.54, 1.807) is 13.1 Å². The molecule has 2 unspecified atom stereocenters. The van der Waals surface area contributed by atoms with E-state index in [9.17, 15) is 14.0 Å². The van der Waals surface area contributed by atoms with Gasteiger partial charge in [-0.05, 0) is 24.1 Å². The van der Waals surface area contributed by atoms with Gasteiger partial charge in [0.25, 0.3) is 0 Å². The second-order valence-electron chi connectivity index (χ2n) is 5.15. The summed E-state index contributed by atoms with van der Waals surface area (Å²) in [6, 6.07) is 5.42. The molecule has 5 nitrogen and oxygen atoms in total. The molecule has 1 heterocycles. The number of likely N-dealkylation sites (tertiary alicyclic amines) is 1. The van der Waals surface area contributed by atoms with Crippen molar-refractivity contribution >= 4 is 17.7 Å². The van der Waals surface area contributed by atoms with E-state index in [1.165, 1.54) is 28.0 Å². The van der Waals surface area contributed by atoms with Crippen LogP contribution in [0.3, 0.4) is 0 Å². The van der Waals surface area contributed by atoms with E-state index in [1.807, 2.05) is 6.92 Å². The predicted molar refractivity (Wildman–Crippen MR) is 72.1 cm³/mol. The number of urea groups is 1. The first kappa shape index (κ1) is 14.3. The van der Waals surface area contributed by atoms with E-state index in [2.05, 4.69) is 0 Å². The molecule has 1 aliphatic rings. The van der Waals surface area contributed by atoms with E-state index in [0.717, 1.165) is 0 Å². The third kappa shape index (κ3) is 2.74. The van der Waals surface area contributed by atoms with Crippen LogP contribution >= 0.6 is 0 Å². The number of hydrogen-bond acceptors (Lipinski definition) is 2. The fraction of sp³-hybridized carbons (Fsp3) is 0.429. The standard InChI is InChI=1S/C14H17FN2O3/c1-9-7-17(8-12(9)13(18)19)14(20)16(2)11-5-3-4-10(15)6-11/h3-6,9,12H,7-8H2,1-2H3,(H,18,19). The van der Waals surface area contributed by atoms with Gasteiger partial charge in [0.15, 0.2) is 0 Å². The summed E-state index contributed by atoms with van der Waals surface area (Å²) < 4.78 is 13.2. The normalized spacial score (nSPS) is 21.9. The minimum atomic E-state index is -0.888. The molecule has 0 spiro atoms. The number of nitrogens with zero attached hydrogens (tertiary/aromatic N) is 2. The number of amides is 2. The van der Waals surface area contributed by atoms with Crippen LogP contribution in [0.15, 0.2) is 24.3 Å². The van der Waals surface area contributed by atoms with Gasteiger partial charge in [0.2, 0.25) is 0 Å². The predicted octanol–water partition coefficient (Wildman–Crippen LogP) is 2.03. The summed E-state index contributed by atoms with van der Waals surface area (Å²) in [5, 5.41) is 9.07. The lowest BCUT2D eigenvalue weighted by Crippen LogP contribution is -2.40. The van der Waals surface area contributed by atoms with Gasteiger partial charge in [0.1, 0.15) is 5.82 Å². The minimum Gasteiger partial charge on any atom is -0.481 e. The van der Waals surface area contributed by atoms with Gasteiger partial charge in [-0.2, -0.15) is 0 Å². The zero-order chi connectivity index (χ0) is 14.9. The Bertz CT molecular complexity index is 535.